The van der Waals surface area contributed by atoms with E-state index in [1.54, 1.807) is 18.2 Å². The van der Waals surface area contributed by atoms with Crippen LogP contribution in [0.1, 0.15) is 18.4 Å². The van der Waals surface area contributed by atoms with Gasteiger partial charge in [0.2, 0.25) is 11.8 Å². The molecule has 7 heteroatoms. The van der Waals surface area contributed by atoms with Crippen LogP contribution in [-0.2, 0) is 16.0 Å². The number of ether oxygens (including phenoxy) is 1. The number of fused-ring (bicyclic) bond motifs is 1. The van der Waals surface area contributed by atoms with Gasteiger partial charge in [-0.2, -0.15) is 0 Å². The van der Waals surface area contributed by atoms with Crippen molar-refractivity contribution >= 4 is 22.8 Å². The largest absolute Gasteiger partial charge is 0.497 e. The Balaban J connectivity index is 1.93. The van der Waals surface area contributed by atoms with Crippen LogP contribution in [0.4, 0.5) is 0 Å². The minimum atomic E-state index is -0.870. The van der Waals surface area contributed by atoms with E-state index in [-0.39, 0.29) is 18.2 Å². The molecule has 1 aliphatic carbocycles. The van der Waals surface area contributed by atoms with Crippen molar-refractivity contribution in [2.45, 2.75) is 25.3 Å². The molecule has 2 aromatic rings. The summed E-state index contributed by atoms with van der Waals surface area (Å²) >= 11 is 0. The molecule has 0 aliphatic heterocycles. The molecule has 3 rings (SSSR count). The molecular weight excluding hydrogens is 312 g/mol. The fraction of sp³-hybridized carbons (Fsp3) is 0.353. The number of nitrogens with one attached hydrogen (secondary N) is 1. The summed E-state index contributed by atoms with van der Waals surface area (Å²) in [6.07, 6.45) is 1.78. The summed E-state index contributed by atoms with van der Waals surface area (Å²) in [6, 6.07) is 5.52. The van der Waals surface area contributed by atoms with Crippen molar-refractivity contribution in [2.75, 3.05) is 7.11 Å². The Morgan fingerprint density at radius 2 is 2.12 bits per heavy atom. The molecule has 1 saturated carbocycles. The normalized spacial score (nSPS) is 15.0. The highest BCUT2D eigenvalue weighted by Crippen LogP contribution is 2.29. The van der Waals surface area contributed by atoms with E-state index >= 15 is 0 Å². The third-order valence-electron chi connectivity index (χ3n) is 4.07. The van der Waals surface area contributed by atoms with E-state index in [0.29, 0.717) is 22.3 Å². The molecule has 1 aromatic carbocycles. The van der Waals surface area contributed by atoms with Crippen LogP contribution < -0.4 is 21.4 Å². The predicted molar refractivity (Wildman–Crippen MR) is 86.6 cm³/mol. The standard InChI is InChI=1S/C17H18N2O5/c1-23-11-4-5-12-10(7-15(20)24-14(12)8-11)6-13(16(18)21)19-17(22)9-2-3-9/h4-5,7-9,13H,2-3,6H2,1H3,(H2,18,21)(H,19,22)/t13-/m0/s1. The first kappa shape index (κ1) is 16.0. The van der Waals surface area contributed by atoms with Crippen molar-refractivity contribution < 1.29 is 18.7 Å². The van der Waals surface area contributed by atoms with Crippen LogP contribution in [0, 0.1) is 5.92 Å². The van der Waals surface area contributed by atoms with Gasteiger partial charge >= 0.3 is 5.63 Å². The average molecular weight is 330 g/mol. The molecule has 1 heterocycles. The summed E-state index contributed by atoms with van der Waals surface area (Å²) in [7, 11) is 1.51. The molecule has 1 aliphatic rings. The predicted octanol–water partition coefficient (Wildman–Crippen LogP) is 0.724. The van der Waals surface area contributed by atoms with Gasteiger partial charge in [0.1, 0.15) is 17.4 Å². The molecule has 1 atom stereocenters. The van der Waals surface area contributed by atoms with Gasteiger partial charge in [0.15, 0.2) is 0 Å². The Hall–Kier alpha value is -2.83. The maximum Gasteiger partial charge on any atom is 0.336 e. The Bertz CT molecular complexity index is 854. The highest BCUT2D eigenvalue weighted by atomic mass is 16.5. The van der Waals surface area contributed by atoms with E-state index in [1.807, 2.05) is 0 Å². The zero-order valence-corrected chi connectivity index (χ0v) is 13.2. The lowest BCUT2D eigenvalue weighted by Crippen LogP contribution is -2.46. The van der Waals surface area contributed by atoms with Crippen LogP contribution in [-0.4, -0.2) is 25.0 Å². The van der Waals surface area contributed by atoms with E-state index in [4.69, 9.17) is 14.9 Å². The number of benzene rings is 1. The minimum absolute atomic E-state index is 0.0336. The van der Waals surface area contributed by atoms with Gasteiger partial charge in [-0.15, -0.1) is 0 Å². The summed E-state index contributed by atoms with van der Waals surface area (Å²) in [5.41, 5.74) is 5.81. The zero-order chi connectivity index (χ0) is 17.3. The molecular formula is C17H18N2O5. The maximum absolute atomic E-state index is 11.9. The third kappa shape index (κ3) is 3.40. The monoisotopic (exact) mass is 330 g/mol. The summed E-state index contributed by atoms with van der Waals surface area (Å²) in [5.74, 6) is -0.295. The lowest BCUT2D eigenvalue weighted by Gasteiger charge is -2.16. The molecule has 0 radical (unpaired) electrons. The number of methoxy groups -OCH3 is 1. The average Bonchev–Trinajstić information content (AvgIpc) is 3.38. The fourth-order valence-corrected chi connectivity index (χ4v) is 2.58. The van der Waals surface area contributed by atoms with Crippen molar-refractivity contribution in [2.24, 2.45) is 11.7 Å². The van der Waals surface area contributed by atoms with Crippen molar-refractivity contribution in [1.82, 2.24) is 5.32 Å². The molecule has 0 saturated heterocycles. The summed E-state index contributed by atoms with van der Waals surface area (Å²) in [4.78, 5) is 35.4. The van der Waals surface area contributed by atoms with E-state index in [0.717, 1.165) is 12.8 Å². The molecule has 24 heavy (non-hydrogen) atoms. The van der Waals surface area contributed by atoms with Gasteiger partial charge in [-0.05, 0) is 30.5 Å². The number of nitrogens with two attached hydrogens (primary N) is 1. The number of hydrogen-bond acceptors (Lipinski definition) is 5. The molecule has 126 valence electrons. The number of rotatable bonds is 6. The van der Waals surface area contributed by atoms with Crippen LogP contribution in [0.15, 0.2) is 33.5 Å². The molecule has 7 nitrogen and oxygen atoms in total. The van der Waals surface area contributed by atoms with Gasteiger partial charge in [0.25, 0.3) is 0 Å². The highest BCUT2D eigenvalue weighted by Gasteiger charge is 2.32. The van der Waals surface area contributed by atoms with Crippen LogP contribution in [0.2, 0.25) is 0 Å². The van der Waals surface area contributed by atoms with Crippen molar-refractivity contribution in [3.8, 4) is 5.75 Å². The first-order valence-electron chi connectivity index (χ1n) is 7.68. The second kappa shape index (κ2) is 6.35. The maximum atomic E-state index is 11.9. The van der Waals surface area contributed by atoms with E-state index < -0.39 is 17.6 Å². The second-order valence-electron chi connectivity index (χ2n) is 5.89. The van der Waals surface area contributed by atoms with Crippen LogP contribution in [0.25, 0.3) is 11.0 Å². The van der Waals surface area contributed by atoms with Crippen molar-refractivity contribution in [3.63, 3.8) is 0 Å². The lowest BCUT2D eigenvalue weighted by molar-refractivity contribution is -0.128. The van der Waals surface area contributed by atoms with Crippen molar-refractivity contribution in [1.29, 1.82) is 0 Å². The lowest BCUT2D eigenvalue weighted by atomic mass is 10.0. The number of carbonyl (C=O) groups is 2. The Morgan fingerprint density at radius 1 is 1.38 bits per heavy atom. The smallest absolute Gasteiger partial charge is 0.336 e. The molecule has 3 N–H and O–H groups in total. The SMILES string of the molecule is COc1ccc2c(C[C@H](NC(=O)C3CC3)C(N)=O)cc(=O)oc2c1. The molecule has 2 amide bonds. The minimum Gasteiger partial charge on any atom is -0.497 e. The first-order chi connectivity index (χ1) is 11.5. The van der Waals surface area contributed by atoms with Gasteiger partial charge in [-0.1, -0.05) is 0 Å². The van der Waals surface area contributed by atoms with E-state index in [2.05, 4.69) is 5.32 Å². The number of primary amides is 1. The number of carbonyl (C=O) groups excluding carboxylic acids is 2. The van der Waals surface area contributed by atoms with E-state index in [9.17, 15) is 14.4 Å². The first-order valence-corrected chi connectivity index (χ1v) is 7.68. The van der Waals surface area contributed by atoms with Crippen LogP contribution in [0.3, 0.4) is 0 Å². The van der Waals surface area contributed by atoms with Crippen LogP contribution in [0.5, 0.6) is 5.75 Å². The second-order valence-corrected chi connectivity index (χ2v) is 5.89. The van der Waals surface area contributed by atoms with Gasteiger partial charge in [-0.3, -0.25) is 9.59 Å². The summed E-state index contributed by atoms with van der Waals surface area (Å²) < 4.78 is 10.3. The van der Waals surface area contributed by atoms with Crippen LogP contribution >= 0.6 is 0 Å². The highest BCUT2D eigenvalue weighted by molar-refractivity contribution is 5.89. The zero-order valence-electron chi connectivity index (χ0n) is 13.2. The van der Waals surface area contributed by atoms with Gasteiger partial charge in [0.05, 0.1) is 7.11 Å². The fourth-order valence-electron chi connectivity index (χ4n) is 2.58. The van der Waals surface area contributed by atoms with Crippen molar-refractivity contribution in [3.05, 3.63) is 40.2 Å². The Labute approximate surface area is 137 Å². The third-order valence-corrected chi connectivity index (χ3v) is 4.07. The van der Waals surface area contributed by atoms with Gasteiger partial charge in [-0.25, -0.2) is 4.79 Å². The molecule has 0 spiro atoms. The summed E-state index contributed by atoms with van der Waals surface area (Å²) in [6.45, 7) is 0. The Kier molecular flexibility index (Phi) is 4.24. The number of amides is 2. The molecule has 0 bridgehead atoms. The van der Waals surface area contributed by atoms with E-state index in [1.165, 1.54) is 13.2 Å². The number of hydrogen-bond donors (Lipinski definition) is 2. The topological polar surface area (TPSA) is 112 Å². The van der Waals surface area contributed by atoms with Gasteiger partial charge in [0, 0.05) is 29.9 Å². The quantitative estimate of drug-likeness (QED) is 0.758. The molecule has 1 aromatic heterocycles. The van der Waals surface area contributed by atoms with Gasteiger partial charge < -0.3 is 20.2 Å². The molecule has 1 fully saturated rings. The Morgan fingerprint density at radius 3 is 2.75 bits per heavy atom. The summed E-state index contributed by atoms with van der Waals surface area (Å²) in [5, 5.41) is 3.33. The molecule has 0 unspecified atom stereocenters.